The number of pyridine rings is 1. The quantitative estimate of drug-likeness (QED) is 0.718. The Bertz CT molecular complexity index is 1050. The second kappa shape index (κ2) is 6.37. The lowest BCUT2D eigenvalue weighted by atomic mass is 10.1. The van der Waals surface area contributed by atoms with Crippen LogP contribution in [0.3, 0.4) is 0 Å². The van der Waals surface area contributed by atoms with Crippen molar-refractivity contribution >= 4 is 15.7 Å². The molecule has 4 rings (SSSR count). The third-order valence-corrected chi connectivity index (χ3v) is 5.08. The fraction of sp³-hybridized carbons (Fsp3) is 0.333. The van der Waals surface area contributed by atoms with Crippen LogP contribution in [-0.4, -0.2) is 36.4 Å². The maximum Gasteiger partial charge on any atom is 0.209 e. The Morgan fingerprint density at radius 3 is 2.54 bits per heavy atom. The average Bonchev–Trinajstić information content (AvgIpc) is 3.37. The summed E-state index contributed by atoms with van der Waals surface area (Å²) in [5, 5.41) is 4.68. The number of hydrogen-bond donors (Lipinski definition) is 1. The molecule has 26 heavy (non-hydrogen) atoms. The minimum absolute atomic E-state index is 0.270. The van der Waals surface area contributed by atoms with Gasteiger partial charge in [-0.25, -0.2) is 22.6 Å². The molecule has 3 aromatic rings. The lowest BCUT2D eigenvalue weighted by Crippen LogP contribution is -2.21. The highest BCUT2D eigenvalue weighted by molar-refractivity contribution is 7.88. The number of sulfonamides is 1. The zero-order valence-electron chi connectivity index (χ0n) is 14.6. The molecule has 1 fully saturated rings. The number of ether oxygens (including phenoxy) is 1. The van der Waals surface area contributed by atoms with Crippen LogP contribution in [0.5, 0.6) is 5.75 Å². The number of methoxy groups -OCH3 is 1. The molecule has 1 saturated carbocycles. The smallest absolute Gasteiger partial charge is 0.209 e. The molecule has 7 nitrogen and oxygen atoms in total. The number of hydrogen-bond acceptors (Lipinski definition) is 5. The van der Waals surface area contributed by atoms with E-state index in [4.69, 9.17) is 4.74 Å². The average molecular weight is 372 g/mol. The number of nitrogens with one attached hydrogen (secondary N) is 1. The van der Waals surface area contributed by atoms with E-state index >= 15 is 0 Å². The van der Waals surface area contributed by atoms with Crippen molar-refractivity contribution in [3.63, 3.8) is 0 Å². The first-order chi connectivity index (χ1) is 12.4. The third-order valence-electron chi connectivity index (χ3n) is 4.42. The molecule has 2 aromatic heterocycles. The minimum Gasteiger partial charge on any atom is -0.493 e. The molecule has 0 atom stereocenters. The van der Waals surface area contributed by atoms with E-state index in [0.717, 1.165) is 47.4 Å². The van der Waals surface area contributed by atoms with Crippen molar-refractivity contribution in [3.05, 3.63) is 47.8 Å². The molecule has 1 aliphatic carbocycles. The fourth-order valence-corrected chi connectivity index (χ4v) is 3.28. The van der Waals surface area contributed by atoms with Gasteiger partial charge in [-0.05, 0) is 30.5 Å². The van der Waals surface area contributed by atoms with Gasteiger partial charge in [0.05, 0.1) is 19.1 Å². The van der Waals surface area contributed by atoms with Crippen molar-refractivity contribution in [1.82, 2.24) is 19.3 Å². The normalized spacial score (nSPS) is 14.7. The number of nitrogens with zero attached hydrogens (tertiary/aromatic N) is 3. The van der Waals surface area contributed by atoms with E-state index in [1.54, 1.807) is 7.11 Å². The van der Waals surface area contributed by atoms with E-state index < -0.39 is 10.0 Å². The molecule has 136 valence electrons. The predicted octanol–water partition coefficient (Wildman–Crippen LogP) is 2.33. The van der Waals surface area contributed by atoms with Gasteiger partial charge in [-0.15, -0.1) is 0 Å². The molecule has 8 heteroatoms. The van der Waals surface area contributed by atoms with E-state index in [9.17, 15) is 8.42 Å². The van der Waals surface area contributed by atoms with Crippen LogP contribution in [-0.2, 0) is 16.6 Å². The Kier molecular flexibility index (Phi) is 4.16. The van der Waals surface area contributed by atoms with Crippen molar-refractivity contribution in [1.29, 1.82) is 0 Å². The molecule has 0 unspecified atom stereocenters. The van der Waals surface area contributed by atoms with Crippen LogP contribution >= 0.6 is 0 Å². The predicted molar refractivity (Wildman–Crippen MR) is 98.6 cm³/mol. The summed E-state index contributed by atoms with van der Waals surface area (Å²) in [6, 6.07) is 11.6. The van der Waals surface area contributed by atoms with Gasteiger partial charge in [0.2, 0.25) is 10.0 Å². The Balaban J connectivity index is 1.69. The first-order valence-corrected chi connectivity index (χ1v) is 10.3. The van der Waals surface area contributed by atoms with Crippen LogP contribution in [0.15, 0.2) is 36.4 Å². The van der Waals surface area contributed by atoms with Crippen LogP contribution < -0.4 is 9.46 Å². The van der Waals surface area contributed by atoms with Crippen molar-refractivity contribution in [3.8, 4) is 17.0 Å². The number of aromatic nitrogens is 3. The molecule has 1 aromatic carbocycles. The lowest BCUT2D eigenvalue weighted by Gasteiger charge is -2.08. The summed E-state index contributed by atoms with van der Waals surface area (Å²) >= 11 is 0. The van der Waals surface area contributed by atoms with Gasteiger partial charge >= 0.3 is 0 Å². The summed E-state index contributed by atoms with van der Waals surface area (Å²) in [4.78, 5) is 4.66. The summed E-state index contributed by atoms with van der Waals surface area (Å²) in [6.45, 7) is 0.270. The molecule has 1 N–H and O–H groups in total. The summed E-state index contributed by atoms with van der Waals surface area (Å²) in [5.41, 5.74) is 3.51. The van der Waals surface area contributed by atoms with E-state index in [-0.39, 0.29) is 6.54 Å². The molecule has 0 amide bonds. The second-order valence-electron chi connectivity index (χ2n) is 6.56. The number of benzene rings is 1. The van der Waals surface area contributed by atoms with Gasteiger partial charge in [-0.3, -0.25) is 0 Å². The highest BCUT2D eigenvalue weighted by Gasteiger charge is 2.29. The molecule has 2 heterocycles. The largest absolute Gasteiger partial charge is 0.493 e. The van der Waals surface area contributed by atoms with Crippen molar-refractivity contribution < 1.29 is 13.2 Å². The molecule has 0 spiro atoms. The first-order valence-electron chi connectivity index (χ1n) is 8.42. The highest BCUT2D eigenvalue weighted by atomic mass is 32.2. The van der Waals surface area contributed by atoms with Gasteiger partial charge in [0.15, 0.2) is 17.2 Å². The number of rotatable bonds is 6. The molecule has 0 aliphatic heterocycles. The van der Waals surface area contributed by atoms with Crippen LogP contribution in [0.2, 0.25) is 0 Å². The van der Waals surface area contributed by atoms with Gasteiger partial charge < -0.3 is 4.74 Å². The topological polar surface area (TPSA) is 85.6 Å². The van der Waals surface area contributed by atoms with Gasteiger partial charge in [0.1, 0.15) is 0 Å². The van der Waals surface area contributed by atoms with Gasteiger partial charge in [0, 0.05) is 18.0 Å². The summed E-state index contributed by atoms with van der Waals surface area (Å²) in [5.74, 6) is 2.02. The van der Waals surface area contributed by atoms with Gasteiger partial charge in [-0.2, -0.15) is 5.10 Å². The van der Waals surface area contributed by atoms with Crippen LogP contribution in [0.25, 0.3) is 16.9 Å². The SMILES string of the molecule is COc1ccc(-c2ccc(CNS(C)(=O)=O)cc2)n2nc(C3CC3)nc12. The summed E-state index contributed by atoms with van der Waals surface area (Å²) in [6.07, 6.45) is 3.42. The zero-order chi connectivity index (χ0) is 18.3. The Morgan fingerprint density at radius 2 is 1.92 bits per heavy atom. The van der Waals surface area contributed by atoms with Gasteiger partial charge in [0.25, 0.3) is 0 Å². The monoisotopic (exact) mass is 372 g/mol. The Labute approximate surface area is 152 Å². The van der Waals surface area contributed by atoms with Crippen LogP contribution in [0.1, 0.15) is 30.1 Å². The van der Waals surface area contributed by atoms with Crippen LogP contribution in [0, 0.1) is 0 Å². The summed E-state index contributed by atoms with van der Waals surface area (Å²) < 4.78 is 32.2. The minimum atomic E-state index is -3.21. The third kappa shape index (κ3) is 3.42. The lowest BCUT2D eigenvalue weighted by molar-refractivity contribution is 0.416. The molecule has 0 saturated heterocycles. The van der Waals surface area contributed by atoms with Crippen molar-refractivity contribution in [2.45, 2.75) is 25.3 Å². The molecular formula is C18H20N4O3S. The molecule has 0 bridgehead atoms. The van der Waals surface area contributed by atoms with E-state index in [0.29, 0.717) is 11.7 Å². The standard InChI is InChI=1S/C18H20N4O3S/c1-25-16-10-9-15(22-18(16)20-17(21-22)14-7-8-14)13-5-3-12(4-6-13)11-19-26(2,23)24/h3-6,9-10,14,19H,7-8,11H2,1-2H3. The highest BCUT2D eigenvalue weighted by Crippen LogP contribution is 2.39. The molecule has 0 radical (unpaired) electrons. The van der Waals surface area contributed by atoms with E-state index in [1.165, 1.54) is 0 Å². The van der Waals surface area contributed by atoms with E-state index in [2.05, 4.69) is 14.8 Å². The zero-order valence-corrected chi connectivity index (χ0v) is 15.5. The second-order valence-corrected chi connectivity index (χ2v) is 8.39. The maximum atomic E-state index is 11.2. The Hall–Kier alpha value is -2.45. The Morgan fingerprint density at radius 1 is 1.19 bits per heavy atom. The molecule has 1 aliphatic rings. The van der Waals surface area contributed by atoms with Crippen molar-refractivity contribution in [2.75, 3.05) is 13.4 Å². The van der Waals surface area contributed by atoms with E-state index in [1.807, 2.05) is 40.9 Å². The van der Waals surface area contributed by atoms with Gasteiger partial charge in [-0.1, -0.05) is 24.3 Å². The molecular weight excluding hydrogens is 352 g/mol. The fourth-order valence-electron chi connectivity index (χ4n) is 2.86. The first kappa shape index (κ1) is 17.0. The maximum absolute atomic E-state index is 11.2. The number of fused-ring (bicyclic) bond motifs is 1. The van der Waals surface area contributed by atoms with Crippen LogP contribution in [0.4, 0.5) is 0 Å². The van der Waals surface area contributed by atoms with Crippen molar-refractivity contribution in [2.24, 2.45) is 0 Å². The summed E-state index contributed by atoms with van der Waals surface area (Å²) in [7, 11) is -1.58.